The van der Waals surface area contributed by atoms with E-state index < -0.39 is 11.6 Å². The van der Waals surface area contributed by atoms with Crippen molar-refractivity contribution in [3.05, 3.63) is 46.5 Å². The van der Waals surface area contributed by atoms with Crippen LogP contribution >= 0.6 is 15.9 Å². The van der Waals surface area contributed by atoms with Gasteiger partial charge in [-0.15, -0.1) is 0 Å². The van der Waals surface area contributed by atoms with Gasteiger partial charge in [-0.1, -0.05) is 0 Å². The number of nitrogens with zero attached hydrogens (tertiary/aromatic N) is 2. The summed E-state index contributed by atoms with van der Waals surface area (Å²) in [6.45, 7) is 3.17. The third-order valence-corrected chi connectivity index (χ3v) is 3.22. The molecule has 0 aliphatic rings. The summed E-state index contributed by atoms with van der Waals surface area (Å²) >= 11 is 2.94. The topological polar surface area (TPSA) is 29.9 Å². The first-order chi connectivity index (χ1) is 8.61. The number of halogens is 3. The van der Waals surface area contributed by atoms with Gasteiger partial charge in [-0.05, 0) is 28.9 Å². The fourth-order valence-electron chi connectivity index (χ4n) is 1.62. The second-order valence-corrected chi connectivity index (χ2v) is 4.63. The molecule has 0 unspecified atom stereocenters. The molecule has 3 nitrogen and oxygen atoms in total. The molecule has 2 aromatic rings. The highest BCUT2D eigenvalue weighted by Crippen LogP contribution is 2.23. The molecule has 1 aromatic heterocycles. The minimum atomic E-state index is -0.497. The summed E-state index contributed by atoms with van der Waals surface area (Å²) in [6, 6.07) is 2.24. The van der Waals surface area contributed by atoms with Crippen LogP contribution in [-0.2, 0) is 13.1 Å². The van der Waals surface area contributed by atoms with Crippen molar-refractivity contribution in [2.45, 2.75) is 20.0 Å². The maximum atomic E-state index is 13.6. The Bertz CT molecular complexity index is 554. The lowest BCUT2D eigenvalue weighted by atomic mass is 10.3. The molecule has 96 valence electrons. The van der Waals surface area contributed by atoms with Crippen molar-refractivity contribution in [3.63, 3.8) is 0 Å². The lowest BCUT2D eigenvalue weighted by Crippen LogP contribution is -2.07. The smallest absolute Gasteiger partial charge is 0.147 e. The first-order valence-electron chi connectivity index (χ1n) is 5.49. The predicted octanol–water partition coefficient (Wildman–Crippen LogP) is 3.56. The summed E-state index contributed by atoms with van der Waals surface area (Å²) in [6.07, 6.45) is 3.40. The van der Waals surface area contributed by atoms with Gasteiger partial charge in [-0.2, -0.15) is 0 Å². The van der Waals surface area contributed by atoms with E-state index in [1.54, 1.807) is 12.5 Å². The molecule has 1 aromatic carbocycles. The molecule has 0 bridgehead atoms. The van der Waals surface area contributed by atoms with Crippen LogP contribution in [0.3, 0.4) is 0 Å². The van der Waals surface area contributed by atoms with Crippen molar-refractivity contribution in [2.75, 3.05) is 5.32 Å². The molecule has 1 heterocycles. The second kappa shape index (κ2) is 5.48. The van der Waals surface area contributed by atoms with Gasteiger partial charge in [0.15, 0.2) is 0 Å². The minimum Gasteiger partial charge on any atom is -0.377 e. The Morgan fingerprint density at radius 1 is 1.33 bits per heavy atom. The molecule has 0 aliphatic heterocycles. The number of benzene rings is 1. The van der Waals surface area contributed by atoms with Crippen molar-refractivity contribution < 1.29 is 8.78 Å². The first-order valence-corrected chi connectivity index (χ1v) is 6.28. The molecule has 1 N–H and O–H groups in total. The molecule has 0 spiro atoms. The number of aromatic nitrogens is 2. The van der Waals surface area contributed by atoms with Crippen molar-refractivity contribution in [1.82, 2.24) is 9.55 Å². The minimum absolute atomic E-state index is 0.115. The van der Waals surface area contributed by atoms with Crippen LogP contribution in [0.1, 0.15) is 12.6 Å². The van der Waals surface area contributed by atoms with Crippen LogP contribution in [-0.4, -0.2) is 9.55 Å². The van der Waals surface area contributed by atoms with Gasteiger partial charge in [-0.3, -0.25) is 0 Å². The number of hydrogen-bond donors (Lipinski definition) is 1. The fourth-order valence-corrected chi connectivity index (χ4v) is 1.94. The average Bonchev–Trinajstić information content (AvgIpc) is 2.79. The molecular weight excluding hydrogens is 304 g/mol. The number of nitrogens with one attached hydrogen (secondary N) is 1. The molecule has 0 radical (unpaired) electrons. The van der Waals surface area contributed by atoms with Gasteiger partial charge in [0, 0.05) is 18.8 Å². The molecule has 0 aliphatic carbocycles. The molecule has 0 fully saturated rings. The van der Waals surface area contributed by atoms with Crippen LogP contribution in [0.5, 0.6) is 0 Å². The maximum Gasteiger partial charge on any atom is 0.147 e. The van der Waals surface area contributed by atoms with E-state index in [0.29, 0.717) is 6.54 Å². The van der Waals surface area contributed by atoms with Crippen molar-refractivity contribution in [3.8, 4) is 0 Å². The van der Waals surface area contributed by atoms with E-state index in [-0.39, 0.29) is 10.2 Å². The van der Waals surface area contributed by atoms with E-state index in [9.17, 15) is 8.78 Å². The highest BCUT2D eigenvalue weighted by atomic mass is 79.9. The normalized spacial score (nSPS) is 10.7. The van der Waals surface area contributed by atoms with Crippen LogP contribution in [0, 0.1) is 11.6 Å². The molecule has 0 saturated carbocycles. The molecule has 0 atom stereocenters. The zero-order valence-electron chi connectivity index (χ0n) is 9.75. The lowest BCUT2D eigenvalue weighted by molar-refractivity contribution is 0.596. The quantitative estimate of drug-likeness (QED) is 0.874. The summed E-state index contributed by atoms with van der Waals surface area (Å²) in [5, 5.41) is 2.86. The van der Waals surface area contributed by atoms with Crippen LogP contribution < -0.4 is 5.32 Å². The number of aryl methyl sites for hydroxylation is 1. The molecule has 6 heteroatoms. The molecule has 0 saturated heterocycles. The van der Waals surface area contributed by atoms with Crippen molar-refractivity contribution in [2.24, 2.45) is 0 Å². The monoisotopic (exact) mass is 315 g/mol. The Morgan fingerprint density at radius 2 is 2.11 bits per heavy atom. The van der Waals surface area contributed by atoms with Crippen LogP contribution in [0.2, 0.25) is 0 Å². The number of hydrogen-bond acceptors (Lipinski definition) is 2. The Hall–Kier alpha value is -1.43. The number of anilines is 1. The van der Waals surface area contributed by atoms with Gasteiger partial charge < -0.3 is 9.88 Å². The number of rotatable bonds is 4. The van der Waals surface area contributed by atoms with Gasteiger partial charge in [0.25, 0.3) is 0 Å². The second-order valence-electron chi connectivity index (χ2n) is 3.77. The molecule has 0 amide bonds. The largest absolute Gasteiger partial charge is 0.377 e. The average molecular weight is 316 g/mol. The standard InChI is InChI=1S/C12H12BrF2N3/c1-2-18-7-16-5-8(18)6-17-12-4-10(14)9(13)3-11(12)15/h3-5,7,17H,2,6H2,1H3. The highest BCUT2D eigenvalue weighted by Gasteiger charge is 2.08. The fraction of sp³-hybridized carbons (Fsp3) is 0.250. The van der Waals surface area contributed by atoms with Crippen LogP contribution in [0.15, 0.2) is 29.1 Å². The van der Waals surface area contributed by atoms with E-state index in [1.807, 2.05) is 11.5 Å². The van der Waals surface area contributed by atoms with E-state index in [0.717, 1.165) is 24.4 Å². The summed E-state index contributed by atoms with van der Waals surface area (Å²) in [4.78, 5) is 4.01. The zero-order chi connectivity index (χ0) is 13.1. The SMILES string of the molecule is CCn1cncc1CNc1cc(F)c(Br)cc1F. The van der Waals surface area contributed by atoms with Gasteiger partial charge in [0.05, 0.1) is 28.7 Å². The Balaban J connectivity index is 2.13. The van der Waals surface area contributed by atoms with E-state index in [4.69, 9.17) is 0 Å². The third-order valence-electron chi connectivity index (χ3n) is 2.61. The highest BCUT2D eigenvalue weighted by molar-refractivity contribution is 9.10. The van der Waals surface area contributed by atoms with Gasteiger partial charge in [0.1, 0.15) is 11.6 Å². The summed E-state index contributed by atoms with van der Waals surface area (Å²) in [7, 11) is 0. The zero-order valence-corrected chi connectivity index (χ0v) is 11.3. The maximum absolute atomic E-state index is 13.6. The molecule has 2 rings (SSSR count). The van der Waals surface area contributed by atoms with Gasteiger partial charge in [0.2, 0.25) is 0 Å². The summed E-state index contributed by atoms with van der Waals surface area (Å²) in [5.41, 5.74) is 1.06. The van der Waals surface area contributed by atoms with E-state index >= 15 is 0 Å². The first kappa shape index (κ1) is 13.0. The van der Waals surface area contributed by atoms with Crippen molar-refractivity contribution >= 4 is 21.6 Å². The van der Waals surface area contributed by atoms with Gasteiger partial charge >= 0.3 is 0 Å². The molecular formula is C12H12BrF2N3. The number of imidazole rings is 1. The molecule has 18 heavy (non-hydrogen) atoms. The Morgan fingerprint density at radius 3 is 2.83 bits per heavy atom. The predicted molar refractivity (Wildman–Crippen MR) is 69.3 cm³/mol. The van der Waals surface area contributed by atoms with Crippen LogP contribution in [0.4, 0.5) is 14.5 Å². The van der Waals surface area contributed by atoms with Crippen LogP contribution in [0.25, 0.3) is 0 Å². The summed E-state index contributed by atoms with van der Waals surface area (Å²) < 4.78 is 28.9. The third kappa shape index (κ3) is 2.69. The Labute approximate surface area is 112 Å². The van der Waals surface area contributed by atoms with E-state index in [1.165, 1.54) is 0 Å². The van der Waals surface area contributed by atoms with Crippen molar-refractivity contribution in [1.29, 1.82) is 0 Å². The lowest BCUT2D eigenvalue weighted by Gasteiger charge is -2.10. The van der Waals surface area contributed by atoms with Gasteiger partial charge in [-0.25, -0.2) is 13.8 Å². The summed E-state index contributed by atoms with van der Waals surface area (Å²) in [5.74, 6) is -0.992. The van der Waals surface area contributed by atoms with E-state index in [2.05, 4.69) is 26.2 Å². The Kier molecular flexibility index (Phi) is 3.96.